The Labute approximate surface area is 216 Å². The number of nitrogens with zero attached hydrogens (tertiary/aromatic N) is 1. The molecule has 0 aliphatic rings. The highest BCUT2D eigenvalue weighted by Gasteiger charge is 2.15. The zero-order valence-electron chi connectivity index (χ0n) is 17.6. The minimum Gasteiger partial charge on any atom is -0.490 e. The van der Waals surface area contributed by atoms with Crippen molar-refractivity contribution in [2.45, 2.75) is 13.5 Å². The summed E-state index contributed by atoms with van der Waals surface area (Å²) < 4.78 is 12.6. The summed E-state index contributed by atoms with van der Waals surface area (Å²) >= 11 is 14.2. The molecule has 5 nitrogen and oxygen atoms in total. The van der Waals surface area contributed by atoms with Gasteiger partial charge in [-0.2, -0.15) is 5.26 Å². The smallest absolute Gasteiger partial charge is 0.266 e. The van der Waals surface area contributed by atoms with E-state index in [-0.39, 0.29) is 12.2 Å². The van der Waals surface area contributed by atoms with Crippen molar-refractivity contribution in [3.05, 3.63) is 91.0 Å². The number of hydrogen-bond acceptors (Lipinski definition) is 4. The normalized spacial score (nSPS) is 10.9. The standard InChI is InChI=1S/C25H19Cl2IN2O3/c1-2-32-23-13-16(11-18(14-29)25(31)30-20-9-7-19(26)8-10-20)12-22(28)24(23)33-15-17-5-3-4-6-21(17)27/h3-13H,2,15H2,1H3,(H,30,31)/b18-11-. The Bertz CT molecular complexity index is 1220. The van der Waals surface area contributed by atoms with Gasteiger partial charge in [0.2, 0.25) is 0 Å². The third-order valence-electron chi connectivity index (χ3n) is 4.44. The number of amides is 1. The van der Waals surface area contributed by atoms with Gasteiger partial charge < -0.3 is 14.8 Å². The molecule has 0 aliphatic carbocycles. The zero-order chi connectivity index (χ0) is 23.8. The highest BCUT2D eigenvalue weighted by molar-refractivity contribution is 14.1. The topological polar surface area (TPSA) is 71.3 Å². The van der Waals surface area contributed by atoms with Gasteiger partial charge in [-0.1, -0.05) is 41.4 Å². The number of nitrogens with one attached hydrogen (secondary N) is 1. The average molecular weight is 593 g/mol. The minimum absolute atomic E-state index is 0.0482. The average Bonchev–Trinajstić information content (AvgIpc) is 2.79. The molecule has 0 spiro atoms. The maximum absolute atomic E-state index is 12.6. The molecule has 0 radical (unpaired) electrons. The molecule has 0 fully saturated rings. The highest BCUT2D eigenvalue weighted by Crippen LogP contribution is 2.36. The Morgan fingerprint density at radius 1 is 1.12 bits per heavy atom. The van der Waals surface area contributed by atoms with Gasteiger partial charge in [0.25, 0.3) is 5.91 Å². The van der Waals surface area contributed by atoms with E-state index in [1.54, 1.807) is 36.4 Å². The first kappa shape index (κ1) is 24.9. The van der Waals surface area contributed by atoms with Crippen LogP contribution in [0.25, 0.3) is 6.08 Å². The lowest BCUT2D eigenvalue weighted by Crippen LogP contribution is -2.13. The number of ether oxygens (including phenoxy) is 2. The molecule has 0 atom stereocenters. The van der Waals surface area contributed by atoms with Crippen molar-refractivity contribution >= 4 is 63.5 Å². The molecule has 3 aromatic carbocycles. The predicted octanol–water partition coefficient (Wildman–Crippen LogP) is 7.12. The zero-order valence-corrected chi connectivity index (χ0v) is 21.2. The molecule has 1 N–H and O–H groups in total. The van der Waals surface area contributed by atoms with E-state index in [1.165, 1.54) is 6.08 Å². The number of nitriles is 1. The number of halogens is 3. The van der Waals surface area contributed by atoms with E-state index in [1.807, 2.05) is 37.3 Å². The van der Waals surface area contributed by atoms with Gasteiger partial charge in [0.1, 0.15) is 18.2 Å². The van der Waals surface area contributed by atoms with Gasteiger partial charge >= 0.3 is 0 Å². The second-order valence-corrected chi connectivity index (χ2v) is 8.78. The monoisotopic (exact) mass is 592 g/mol. The van der Waals surface area contributed by atoms with E-state index in [9.17, 15) is 10.1 Å². The van der Waals surface area contributed by atoms with Crippen LogP contribution in [0.3, 0.4) is 0 Å². The Balaban J connectivity index is 1.85. The summed E-state index contributed by atoms with van der Waals surface area (Å²) in [6, 6.07) is 19.6. The third kappa shape index (κ3) is 6.87. The molecule has 0 aromatic heterocycles. The Kier molecular flexibility index (Phi) is 9.01. The van der Waals surface area contributed by atoms with E-state index in [0.29, 0.717) is 39.4 Å². The molecular formula is C25H19Cl2IN2O3. The lowest BCUT2D eigenvalue weighted by atomic mass is 10.1. The molecule has 168 valence electrons. The summed E-state index contributed by atoms with van der Waals surface area (Å²) in [6.07, 6.45) is 1.51. The van der Waals surface area contributed by atoms with Gasteiger partial charge in [0, 0.05) is 21.3 Å². The van der Waals surface area contributed by atoms with Gasteiger partial charge in [-0.05, 0) is 83.6 Å². The molecule has 0 saturated carbocycles. The molecule has 0 unspecified atom stereocenters. The van der Waals surface area contributed by atoms with E-state index in [4.69, 9.17) is 32.7 Å². The van der Waals surface area contributed by atoms with Crippen molar-refractivity contribution in [2.24, 2.45) is 0 Å². The van der Waals surface area contributed by atoms with Gasteiger partial charge in [0.15, 0.2) is 11.5 Å². The van der Waals surface area contributed by atoms with Crippen LogP contribution in [0.15, 0.2) is 66.2 Å². The number of anilines is 1. The summed E-state index contributed by atoms with van der Waals surface area (Å²) in [5.74, 6) is 0.559. The highest BCUT2D eigenvalue weighted by atomic mass is 127. The Morgan fingerprint density at radius 2 is 1.85 bits per heavy atom. The van der Waals surface area contributed by atoms with Crippen molar-refractivity contribution in [1.82, 2.24) is 0 Å². The van der Waals surface area contributed by atoms with E-state index < -0.39 is 5.91 Å². The molecule has 0 heterocycles. The first-order valence-corrected chi connectivity index (χ1v) is 11.8. The van der Waals surface area contributed by atoms with Crippen molar-refractivity contribution in [3.8, 4) is 17.6 Å². The number of carbonyl (C=O) groups is 1. The van der Waals surface area contributed by atoms with Crippen molar-refractivity contribution in [1.29, 1.82) is 5.26 Å². The molecular weight excluding hydrogens is 574 g/mol. The van der Waals surface area contributed by atoms with Crippen LogP contribution in [0.1, 0.15) is 18.1 Å². The van der Waals surface area contributed by atoms with Crippen LogP contribution in [0.2, 0.25) is 10.0 Å². The molecule has 8 heteroatoms. The largest absolute Gasteiger partial charge is 0.490 e. The first-order valence-electron chi connectivity index (χ1n) is 9.92. The number of rotatable bonds is 8. The summed E-state index contributed by atoms with van der Waals surface area (Å²) in [6.45, 7) is 2.57. The van der Waals surface area contributed by atoms with E-state index in [0.717, 1.165) is 9.13 Å². The molecule has 33 heavy (non-hydrogen) atoms. The predicted molar refractivity (Wildman–Crippen MR) is 140 cm³/mol. The molecule has 0 bridgehead atoms. The van der Waals surface area contributed by atoms with E-state index in [2.05, 4.69) is 27.9 Å². The summed E-state index contributed by atoms with van der Waals surface area (Å²) in [5, 5.41) is 13.4. The Morgan fingerprint density at radius 3 is 2.52 bits per heavy atom. The van der Waals surface area contributed by atoms with Crippen molar-refractivity contribution in [3.63, 3.8) is 0 Å². The molecule has 3 rings (SSSR count). The number of hydrogen-bond donors (Lipinski definition) is 1. The van der Waals surface area contributed by atoms with Crippen LogP contribution in [0.4, 0.5) is 5.69 Å². The maximum Gasteiger partial charge on any atom is 0.266 e. The van der Waals surface area contributed by atoms with Crippen LogP contribution in [0.5, 0.6) is 11.5 Å². The van der Waals surface area contributed by atoms with Crippen molar-refractivity contribution < 1.29 is 14.3 Å². The fourth-order valence-corrected chi connectivity index (χ4v) is 3.98. The van der Waals surface area contributed by atoms with Crippen LogP contribution in [0, 0.1) is 14.9 Å². The minimum atomic E-state index is -0.521. The lowest BCUT2D eigenvalue weighted by Gasteiger charge is -2.15. The fraction of sp³-hybridized carbons (Fsp3) is 0.120. The van der Waals surface area contributed by atoms with Crippen LogP contribution in [-0.2, 0) is 11.4 Å². The summed E-state index contributed by atoms with van der Waals surface area (Å²) in [4.78, 5) is 12.6. The van der Waals surface area contributed by atoms with Gasteiger partial charge in [-0.15, -0.1) is 0 Å². The van der Waals surface area contributed by atoms with Gasteiger partial charge in [-0.3, -0.25) is 4.79 Å². The van der Waals surface area contributed by atoms with Crippen molar-refractivity contribution in [2.75, 3.05) is 11.9 Å². The van der Waals surface area contributed by atoms with Crippen LogP contribution in [-0.4, -0.2) is 12.5 Å². The SMILES string of the molecule is CCOc1cc(/C=C(/C#N)C(=O)Nc2ccc(Cl)cc2)cc(I)c1OCc1ccccc1Cl. The second-order valence-electron chi connectivity index (χ2n) is 6.77. The fourth-order valence-electron chi connectivity index (χ4n) is 2.89. The number of carbonyl (C=O) groups excluding carboxylic acids is 1. The maximum atomic E-state index is 12.6. The molecule has 0 aliphatic heterocycles. The second kappa shape index (κ2) is 11.9. The lowest BCUT2D eigenvalue weighted by molar-refractivity contribution is -0.112. The number of benzene rings is 3. The quantitative estimate of drug-likeness (QED) is 0.172. The molecule has 0 saturated heterocycles. The van der Waals surface area contributed by atoms with E-state index >= 15 is 0 Å². The molecule has 1 amide bonds. The van der Waals surface area contributed by atoms with Gasteiger partial charge in [0.05, 0.1) is 10.2 Å². The summed E-state index contributed by atoms with van der Waals surface area (Å²) in [7, 11) is 0. The molecule has 3 aromatic rings. The Hall–Kier alpha value is -2.73. The van der Waals surface area contributed by atoms with Crippen LogP contribution >= 0.6 is 45.8 Å². The third-order valence-corrected chi connectivity index (χ3v) is 5.86. The van der Waals surface area contributed by atoms with Gasteiger partial charge in [-0.25, -0.2) is 0 Å². The first-order chi connectivity index (χ1) is 15.9. The van der Waals surface area contributed by atoms with Crippen LogP contribution < -0.4 is 14.8 Å². The summed E-state index contributed by atoms with van der Waals surface area (Å²) in [5.41, 5.74) is 1.98.